The average Bonchev–Trinajstić information content (AvgIpc) is 3.16. The fourth-order valence-electron chi connectivity index (χ4n) is 3.64. The molecule has 2 amide bonds. The molecule has 5 nitrogen and oxygen atoms in total. The number of hydrogen-bond acceptors (Lipinski definition) is 3. The van der Waals surface area contributed by atoms with Gasteiger partial charge in [0.05, 0.1) is 5.92 Å². The Morgan fingerprint density at radius 1 is 1.25 bits per heavy atom. The third-order valence-electron chi connectivity index (χ3n) is 4.87. The Labute approximate surface area is 149 Å². The molecule has 2 unspecified atom stereocenters. The lowest BCUT2D eigenvalue weighted by atomic mass is 10.1. The van der Waals surface area contributed by atoms with Crippen LogP contribution in [0.2, 0.25) is 0 Å². The van der Waals surface area contributed by atoms with Gasteiger partial charge in [-0.1, -0.05) is 30.3 Å². The number of halogens is 1. The number of likely N-dealkylation sites (tertiary alicyclic amines) is 2. The van der Waals surface area contributed by atoms with Crippen LogP contribution in [-0.4, -0.2) is 54.8 Å². The van der Waals surface area contributed by atoms with E-state index in [0.717, 1.165) is 31.6 Å². The van der Waals surface area contributed by atoms with Gasteiger partial charge in [0.2, 0.25) is 11.8 Å². The first-order valence-corrected chi connectivity index (χ1v) is 8.42. The van der Waals surface area contributed by atoms with E-state index in [-0.39, 0.29) is 30.1 Å². The Balaban J connectivity index is 0.00000208. The molecule has 3 rings (SSSR count). The highest BCUT2D eigenvalue weighted by molar-refractivity contribution is 5.89. The number of hydrogen-bond donors (Lipinski definition) is 1. The minimum absolute atomic E-state index is 0. The first kappa shape index (κ1) is 18.7. The second kappa shape index (κ2) is 8.49. The Bertz CT molecular complexity index is 567. The van der Waals surface area contributed by atoms with Crippen molar-refractivity contribution in [2.24, 2.45) is 11.8 Å². The van der Waals surface area contributed by atoms with Crippen molar-refractivity contribution in [2.45, 2.75) is 19.4 Å². The zero-order valence-corrected chi connectivity index (χ0v) is 14.9. The van der Waals surface area contributed by atoms with Crippen LogP contribution in [0.1, 0.15) is 18.4 Å². The van der Waals surface area contributed by atoms with E-state index in [1.807, 2.05) is 47.2 Å². The van der Waals surface area contributed by atoms with Crippen molar-refractivity contribution < 1.29 is 9.59 Å². The number of amides is 2. The van der Waals surface area contributed by atoms with Crippen LogP contribution >= 0.6 is 12.4 Å². The van der Waals surface area contributed by atoms with Crippen LogP contribution in [0.15, 0.2) is 30.3 Å². The Morgan fingerprint density at radius 3 is 2.71 bits per heavy atom. The maximum absolute atomic E-state index is 12.7. The highest BCUT2D eigenvalue weighted by Gasteiger charge is 2.38. The quantitative estimate of drug-likeness (QED) is 0.875. The van der Waals surface area contributed by atoms with Crippen LogP contribution in [0, 0.1) is 11.8 Å². The highest BCUT2D eigenvalue weighted by Crippen LogP contribution is 2.25. The fraction of sp³-hybridized carbons (Fsp3) is 0.556. The van der Waals surface area contributed by atoms with E-state index >= 15 is 0 Å². The summed E-state index contributed by atoms with van der Waals surface area (Å²) in [6, 6.07) is 9.96. The lowest BCUT2D eigenvalue weighted by molar-refractivity contribution is -0.135. The van der Waals surface area contributed by atoms with Crippen LogP contribution in [0.4, 0.5) is 0 Å². The SMILES string of the molecule is CNCC1CCN(C(=O)C2CC(=O)N(Cc3ccccc3)C2)C1.Cl. The summed E-state index contributed by atoms with van der Waals surface area (Å²) in [6.45, 7) is 3.76. The van der Waals surface area contributed by atoms with E-state index in [1.165, 1.54) is 0 Å². The number of nitrogens with one attached hydrogen (secondary N) is 1. The molecule has 2 saturated heterocycles. The number of nitrogens with zero attached hydrogens (tertiary/aromatic N) is 2. The summed E-state index contributed by atoms with van der Waals surface area (Å²) < 4.78 is 0. The summed E-state index contributed by atoms with van der Waals surface area (Å²) in [4.78, 5) is 28.7. The van der Waals surface area contributed by atoms with Crippen molar-refractivity contribution in [2.75, 3.05) is 33.2 Å². The van der Waals surface area contributed by atoms with E-state index in [9.17, 15) is 9.59 Å². The Kier molecular flexibility index (Phi) is 6.63. The van der Waals surface area contributed by atoms with E-state index in [0.29, 0.717) is 25.4 Å². The van der Waals surface area contributed by atoms with Crippen LogP contribution in [0.3, 0.4) is 0 Å². The molecule has 6 heteroatoms. The largest absolute Gasteiger partial charge is 0.342 e. The molecule has 2 fully saturated rings. The van der Waals surface area contributed by atoms with E-state index in [4.69, 9.17) is 0 Å². The zero-order chi connectivity index (χ0) is 16.2. The second-order valence-corrected chi connectivity index (χ2v) is 6.66. The average molecular weight is 352 g/mol. The van der Waals surface area contributed by atoms with Crippen molar-refractivity contribution in [1.82, 2.24) is 15.1 Å². The number of rotatable bonds is 5. The molecule has 1 aromatic carbocycles. The monoisotopic (exact) mass is 351 g/mol. The predicted molar refractivity (Wildman–Crippen MR) is 95.8 cm³/mol. The summed E-state index contributed by atoms with van der Waals surface area (Å²) in [6.07, 6.45) is 1.42. The first-order chi connectivity index (χ1) is 11.2. The number of carbonyl (C=O) groups excluding carboxylic acids is 2. The lowest BCUT2D eigenvalue weighted by Crippen LogP contribution is -2.36. The molecule has 0 aromatic heterocycles. The van der Waals surface area contributed by atoms with E-state index in [1.54, 1.807) is 0 Å². The maximum Gasteiger partial charge on any atom is 0.228 e. The van der Waals surface area contributed by atoms with Gasteiger partial charge in [-0.25, -0.2) is 0 Å². The van der Waals surface area contributed by atoms with Gasteiger partial charge in [-0.3, -0.25) is 9.59 Å². The van der Waals surface area contributed by atoms with Gasteiger partial charge in [-0.05, 0) is 31.5 Å². The van der Waals surface area contributed by atoms with Gasteiger partial charge < -0.3 is 15.1 Å². The van der Waals surface area contributed by atoms with Gasteiger partial charge in [0.1, 0.15) is 0 Å². The molecule has 2 aliphatic rings. The van der Waals surface area contributed by atoms with Crippen molar-refractivity contribution in [3.63, 3.8) is 0 Å². The Hall–Kier alpha value is -1.59. The van der Waals surface area contributed by atoms with Gasteiger partial charge in [-0.2, -0.15) is 0 Å². The van der Waals surface area contributed by atoms with Crippen molar-refractivity contribution in [3.8, 4) is 0 Å². The Morgan fingerprint density at radius 2 is 2.00 bits per heavy atom. The summed E-state index contributed by atoms with van der Waals surface area (Å²) >= 11 is 0. The third-order valence-corrected chi connectivity index (χ3v) is 4.87. The fourth-order valence-corrected chi connectivity index (χ4v) is 3.64. The second-order valence-electron chi connectivity index (χ2n) is 6.66. The summed E-state index contributed by atoms with van der Waals surface area (Å²) in [5.74, 6) is 0.631. The van der Waals surface area contributed by atoms with Gasteiger partial charge in [0.25, 0.3) is 0 Å². The maximum atomic E-state index is 12.7. The molecule has 0 spiro atoms. The smallest absolute Gasteiger partial charge is 0.228 e. The summed E-state index contributed by atoms with van der Waals surface area (Å²) in [7, 11) is 1.95. The molecule has 2 heterocycles. The molecular formula is C18H26ClN3O2. The molecule has 0 saturated carbocycles. The molecular weight excluding hydrogens is 326 g/mol. The van der Waals surface area contributed by atoms with Crippen molar-refractivity contribution in [1.29, 1.82) is 0 Å². The van der Waals surface area contributed by atoms with Crippen LogP contribution in [0.5, 0.6) is 0 Å². The minimum atomic E-state index is -0.167. The summed E-state index contributed by atoms with van der Waals surface area (Å²) in [5.41, 5.74) is 1.12. The number of carbonyl (C=O) groups is 2. The van der Waals surface area contributed by atoms with E-state index in [2.05, 4.69) is 5.32 Å². The molecule has 2 aliphatic heterocycles. The molecule has 2 atom stereocenters. The molecule has 132 valence electrons. The van der Waals surface area contributed by atoms with E-state index < -0.39 is 0 Å². The third kappa shape index (κ3) is 4.28. The lowest BCUT2D eigenvalue weighted by Gasteiger charge is -2.21. The van der Waals surface area contributed by atoms with Crippen molar-refractivity contribution in [3.05, 3.63) is 35.9 Å². The summed E-state index contributed by atoms with van der Waals surface area (Å²) in [5, 5.41) is 3.18. The van der Waals surface area contributed by atoms with Gasteiger partial charge in [-0.15, -0.1) is 12.4 Å². The molecule has 0 radical (unpaired) electrons. The molecule has 1 N–H and O–H groups in total. The van der Waals surface area contributed by atoms with Gasteiger partial charge in [0.15, 0.2) is 0 Å². The van der Waals surface area contributed by atoms with Gasteiger partial charge in [0, 0.05) is 32.6 Å². The molecule has 1 aromatic rings. The zero-order valence-electron chi connectivity index (χ0n) is 14.1. The number of benzene rings is 1. The topological polar surface area (TPSA) is 52.7 Å². The van der Waals surface area contributed by atoms with Crippen LogP contribution in [-0.2, 0) is 16.1 Å². The molecule has 0 bridgehead atoms. The molecule has 24 heavy (non-hydrogen) atoms. The minimum Gasteiger partial charge on any atom is -0.342 e. The standard InChI is InChI=1S/C18H25N3O2.ClH/c1-19-10-15-7-8-20(12-15)18(23)16-9-17(22)21(13-16)11-14-5-3-2-4-6-14;/h2-6,15-16,19H,7-13H2,1H3;1H. The first-order valence-electron chi connectivity index (χ1n) is 8.42. The molecule has 0 aliphatic carbocycles. The van der Waals surface area contributed by atoms with Crippen molar-refractivity contribution >= 4 is 24.2 Å². The highest BCUT2D eigenvalue weighted by atomic mass is 35.5. The van der Waals surface area contributed by atoms with Crippen LogP contribution in [0.25, 0.3) is 0 Å². The van der Waals surface area contributed by atoms with Crippen LogP contribution < -0.4 is 5.32 Å². The van der Waals surface area contributed by atoms with Gasteiger partial charge >= 0.3 is 0 Å². The predicted octanol–water partition coefficient (Wildman–Crippen LogP) is 1.52. The normalized spacial score (nSPS) is 23.5.